The van der Waals surface area contributed by atoms with Crippen LogP contribution in [0.2, 0.25) is 0 Å². The molecule has 4 aromatic carbocycles. The van der Waals surface area contributed by atoms with Crippen LogP contribution in [-0.4, -0.2) is 0 Å². The Balaban J connectivity index is 1.72. The van der Waals surface area contributed by atoms with Crippen molar-refractivity contribution in [1.82, 2.24) is 0 Å². The molecule has 6 rings (SSSR count). The van der Waals surface area contributed by atoms with Gasteiger partial charge in [-0.05, 0) is 107 Å². The van der Waals surface area contributed by atoms with Crippen LogP contribution in [-0.2, 0) is 25.7 Å². The van der Waals surface area contributed by atoms with Gasteiger partial charge in [-0.3, -0.25) is 0 Å². The SMILES string of the molecule is c1cc2cc(c1)C(=C1c3cccc(c3)CCCCc3cccc1c3)c1cccc(c1)CCCC2. The molecular formula is C34H32. The molecule has 0 unspecified atom stereocenters. The second kappa shape index (κ2) is 9.47. The van der Waals surface area contributed by atoms with Gasteiger partial charge < -0.3 is 0 Å². The molecule has 4 aromatic rings. The average Bonchev–Trinajstić information content (AvgIpc) is 2.90. The van der Waals surface area contributed by atoms with Crippen molar-refractivity contribution < 1.29 is 0 Å². The Labute approximate surface area is 204 Å². The number of rotatable bonds is 0. The molecule has 8 bridgehead atoms. The molecule has 0 heterocycles. The van der Waals surface area contributed by atoms with E-state index in [4.69, 9.17) is 0 Å². The van der Waals surface area contributed by atoms with Crippen molar-refractivity contribution in [3.8, 4) is 0 Å². The molecule has 0 aliphatic heterocycles. The standard InChI is InChI=1S/C34H32/c1-2-10-26-14-6-18-30(22-26)33(29-17-5-13-25(9-1)21-29)34-31-19-7-15-27(23-31)11-3-4-12-28-16-8-20-32(34)24-28/h5-8,13-24H,1-4,9-12H2. The first-order chi connectivity index (χ1) is 16.8. The van der Waals surface area contributed by atoms with E-state index in [-0.39, 0.29) is 0 Å². The molecule has 0 saturated heterocycles. The second-order valence-corrected chi connectivity index (χ2v) is 9.97. The van der Waals surface area contributed by atoms with Gasteiger partial charge in [0.05, 0.1) is 0 Å². The highest BCUT2D eigenvalue weighted by Gasteiger charge is 2.19. The molecule has 168 valence electrons. The fourth-order valence-electron chi connectivity index (χ4n) is 5.76. The van der Waals surface area contributed by atoms with Crippen LogP contribution in [0, 0.1) is 0 Å². The first-order valence-corrected chi connectivity index (χ1v) is 12.9. The van der Waals surface area contributed by atoms with E-state index in [0.717, 1.165) is 25.7 Å². The minimum atomic E-state index is 1.15. The number of fused-ring (bicyclic) bond motifs is 8. The van der Waals surface area contributed by atoms with E-state index >= 15 is 0 Å². The monoisotopic (exact) mass is 440 g/mol. The summed E-state index contributed by atoms with van der Waals surface area (Å²) >= 11 is 0. The highest BCUT2D eigenvalue weighted by Crippen LogP contribution is 2.39. The summed E-state index contributed by atoms with van der Waals surface area (Å²) < 4.78 is 0. The van der Waals surface area contributed by atoms with E-state index in [1.54, 1.807) is 0 Å². The van der Waals surface area contributed by atoms with Gasteiger partial charge in [-0.1, -0.05) is 97.1 Å². The Kier molecular flexibility index (Phi) is 5.90. The maximum atomic E-state index is 2.44. The van der Waals surface area contributed by atoms with Gasteiger partial charge in [0.25, 0.3) is 0 Å². The molecule has 0 N–H and O–H groups in total. The minimum Gasteiger partial charge on any atom is -0.0614 e. The van der Waals surface area contributed by atoms with E-state index in [0.29, 0.717) is 0 Å². The zero-order chi connectivity index (χ0) is 22.7. The van der Waals surface area contributed by atoms with Crippen LogP contribution in [0.15, 0.2) is 97.1 Å². The highest BCUT2D eigenvalue weighted by molar-refractivity contribution is 6.04. The first kappa shape index (κ1) is 21.2. The molecule has 0 nitrogen and oxygen atoms in total. The van der Waals surface area contributed by atoms with E-state index in [1.807, 2.05) is 0 Å². The zero-order valence-electron chi connectivity index (χ0n) is 19.9. The normalized spacial score (nSPS) is 15.8. The van der Waals surface area contributed by atoms with Crippen molar-refractivity contribution in [3.63, 3.8) is 0 Å². The molecular weight excluding hydrogens is 408 g/mol. The lowest BCUT2D eigenvalue weighted by Crippen LogP contribution is -2.00. The number of hydrogen-bond donors (Lipinski definition) is 0. The topological polar surface area (TPSA) is 0 Å². The number of benzene rings is 4. The van der Waals surface area contributed by atoms with Crippen LogP contribution < -0.4 is 0 Å². The fourth-order valence-corrected chi connectivity index (χ4v) is 5.76. The summed E-state index contributed by atoms with van der Waals surface area (Å²) in [5, 5.41) is 0. The molecule has 2 aliphatic carbocycles. The molecule has 0 aromatic heterocycles. The van der Waals surface area contributed by atoms with Crippen molar-refractivity contribution in [2.24, 2.45) is 0 Å². The van der Waals surface area contributed by atoms with Gasteiger partial charge in [-0.25, -0.2) is 0 Å². The van der Waals surface area contributed by atoms with Gasteiger partial charge in [0.15, 0.2) is 0 Å². The minimum absolute atomic E-state index is 1.15. The Morgan fingerprint density at radius 1 is 0.324 bits per heavy atom. The Bertz CT molecular complexity index is 1150. The predicted molar refractivity (Wildman–Crippen MR) is 144 cm³/mol. The summed E-state index contributed by atoms with van der Waals surface area (Å²) in [6.45, 7) is 0. The third kappa shape index (κ3) is 4.38. The Morgan fingerprint density at radius 2 is 0.588 bits per heavy atom. The van der Waals surface area contributed by atoms with Crippen LogP contribution >= 0.6 is 0 Å². The Morgan fingerprint density at radius 3 is 0.853 bits per heavy atom. The summed E-state index contributed by atoms with van der Waals surface area (Å²) in [7, 11) is 0. The molecule has 0 atom stereocenters. The van der Waals surface area contributed by atoms with Crippen molar-refractivity contribution in [1.29, 1.82) is 0 Å². The third-order valence-electron chi connectivity index (χ3n) is 7.47. The smallest absolute Gasteiger partial charge is 0.00266 e. The van der Waals surface area contributed by atoms with Crippen LogP contribution in [0.1, 0.15) is 70.2 Å². The zero-order valence-corrected chi connectivity index (χ0v) is 19.9. The number of hydrogen-bond acceptors (Lipinski definition) is 0. The summed E-state index contributed by atoms with van der Waals surface area (Å²) in [4.78, 5) is 0. The van der Waals surface area contributed by atoms with Gasteiger partial charge in [0.1, 0.15) is 0 Å². The van der Waals surface area contributed by atoms with Crippen molar-refractivity contribution in [3.05, 3.63) is 142 Å². The number of aryl methyl sites for hydroxylation is 4. The maximum absolute atomic E-state index is 2.44. The van der Waals surface area contributed by atoms with E-state index in [1.165, 1.54) is 81.3 Å². The Hall–Kier alpha value is -3.38. The molecule has 0 fully saturated rings. The molecule has 0 saturated carbocycles. The summed E-state index contributed by atoms with van der Waals surface area (Å²) in [5.74, 6) is 0. The van der Waals surface area contributed by atoms with Gasteiger partial charge in [0.2, 0.25) is 0 Å². The van der Waals surface area contributed by atoms with Gasteiger partial charge in [-0.15, -0.1) is 0 Å². The second-order valence-electron chi connectivity index (χ2n) is 9.97. The maximum Gasteiger partial charge on any atom is -0.00266 e. The van der Waals surface area contributed by atoms with Crippen LogP contribution in [0.25, 0.3) is 11.1 Å². The molecule has 0 amide bonds. The summed E-state index contributed by atoms with van der Waals surface area (Å²) in [6, 6.07) is 37.3. The van der Waals surface area contributed by atoms with Gasteiger partial charge in [0, 0.05) is 0 Å². The van der Waals surface area contributed by atoms with E-state index < -0.39 is 0 Å². The molecule has 0 radical (unpaired) electrons. The molecule has 2 aliphatic rings. The predicted octanol–water partition coefficient (Wildman–Crippen LogP) is 8.45. The van der Waals surface area contributed by atoms with Crippen molar-refractivity contribution >= 4 is 11.1 Å². The van der Waals surface area contributed by atoms with Gasteiger partial charge >= 0.3 is 0 Å². The quantitative estimate of drug-likeness (QED) is 0.257. The molecule has 0 heteroatoms. The lowest BCUT2D eigenvalue weighted by molar-refractivity contribution is 0.734. The molecule has 0 spiro atoms. The van der Waals surface area contributed by atoms with Crippen LogP contribution in [0.5, 0.6) is 0 Å². The lowest BCUT2D eigenvalue weighted by Gasteiger charge is -2.20. The van der Waals surface area contributed by atoms with Crippen molar-refractivity contribution in [2.45, 2.75) is 51.4 Å². The largest absolute Gasteiger partial charge is 0.0614 e. The van der Waals surface area contributed by atoms with E-state index in [2.05, 4.69) is 97.1 Å². The van der Waals surface area contributed by atoms with Crippen molar-refractivity contribution in [2.75, 3.05) is 0 Å². The summed E-state index contributed by atoms with van der Waals surface area (Å²) in [6.07, 6.45) is 9.56. The fraction of sp³-hybridized carbons (Fsp3) is 0.235. The van der Waals surface area contributed by atoms with Crippen LogP contribution in [0.4, 0.5) is 0 Å². The van der Waals surface area contributed by atoms with E-state index in [9.17, 15) is 0 Å². The third-order valence-corrected chi connectivity index (χ3v) is 7.47. The summed E-state index contributed by atoms with van der Waals surface area (Å²) in [5.41, 5.74) is 13.8. The lowest BCUT2D eigenvalue weighted by atomic mass is 9.84. The first-order valence-electron chi connectivity index (χ1n) is 12.9. The van der Waals surface area contributed by atoms with Gasteiger partial charge in [-0.2, -0.15) is 0 Å². The van der Waals surface area contributed by atoms with Crippen LogP contribution in [0.3, 0.4) is 0 Å². The highest BCUT2D eigenvalue weighted by atomic mass is 14.2. The average molecular weight is 441 g/mol. The molecule has 34 heavy (non-hydrogen) atoms.